The van der Waals surface area contributed by atoms with Crippen molar-refractivity contribution in [3.8, 4) is 11.5 Å². The van der Waals surface area contributed by atoms with Crippen molar-refractivity contribution >= 4 is 22.8 Å². The van der Waals surface area contributed by atoms with E-state index in [-0.39, 0.29) is 11.7 Å². The average molecular weight is 383 g/mol. The van der Waals surface area contributed by atoms with Crippen molar-refractivity contribution in [3.63, 3.8) is 0 Å². The van der Waals surface area contributed by atoms with Crippen molar-refractivity contribution in [1.29, 1.82) is 0 Å². The van der Waals surface area contributed by atoms with Gasteiger partial charge in [-0.3, -0.25) is 4.79 Å². The lowest BCUT2D eigenvalue weighted by Crippen LogP contribution is -2.34. The summed E-state index contributed by atoms with van der Waals surface area (Å²) in [6.45, 7) is 1.22. The van der Waals surface area contributed by atoms with Crippen LogP contribution in [0.3, 0.4) is 0 Å². The van der Waals surface area contributed by atoms with Crippen LogP contribution in [0.15, 0.2) is 51.6 Å². The summed E-state index contributed by atoms with van der Waals surface area (Å²) >= 11 is 1.57. The van der Waals surface area contributed by atoms with Crippen LogP contribution in [0.25, 0.3) is 17.0 Å². The summed E-state index contributed by atoms with van der Waals surface area (Å²) in [5.41, 5.74) is 3.06. The fourth-order valence-electron chi connectivity index (χ4n) is 3.05. The maximum atomic E-state index is 13.0. The minimum Gasteiger partial charge on any atom is -0.421 e. The molecule has 0 unspecified atom stereocenters. The molecule has 0 bridgehead atoms. The van der Waals surface area contributed by atoms with Gasteiger partial charge in [0.05, 0.1) is 0 Å². The lowest BCUT2D eigenvalue weighted by molar-refractivity contribution is -0.130. The van der Waals surface area contributed by atoms with E-state index in [2.05, 4.69) is 10.2 Å². The first kappa shape index (κ1) is 17.6. The molecule has 3 heterocycles. The van der Waals surface area contributed by atoms with Crippen molar-refractivity contribution in [2.75, 3.05) is 13.1 Å². The first-order valence-electron chi connectivity index (χ1n) is 8.77. The number of aryl methyl sites for hydroxylation is 1. The number of hydrogen-bond acceptors (Lipinski definition) is 5. The number of carbonyl (C=O) groups excluding carboxylic acids is 1. The number of nitrogens with zero attached hydrogens (tertiary/aromatic N) is 3. The molecule has 3 aromatic rings. The Morgan fingerprint density at radius 3 is 2.74 bits per heavy atom. The topological polar surface area (TPSA) is 59.2 Å². The first-order chi connectivity index (χ1) is 13.2. The van der Waals surface area contributed by atoms with Crippen molar-refractivity contribution in [2.24, 2.45) is 0 Å². The number of amides is 1. The van der Waals surface area contributed by atoms with Gasteiger partial charge in [0.25, 0.3) is 0 Å². The van der Waals surface area contributed by atoms with E-state index in [1.807, 2.05) is 27.8 Å². The van der Waals surface area contributed by atoms with E-state index < -0.39 is 0 Å². The van der Waals surface area contributed by atoms with Gasteiger partial charge in [-0.15, -0.1) is 10.2 Å². The van der Waals surface area contributed by atoms with Crippen LogP contribution in [-0.4, -0.2) is 34.1 Å². The Kier molecular flexibility index (Phi) is 5.11. The van der Waals surface area contributed by atoms with E-state index in [1.54, 1.807) is 23.5 Å². The third-order valence-corrected chi connectivity index (χ3v) is 5.25. The van der Waals surface area contributed by atoms with Crippen molar-refractivity contribution < 1.29 is 13.6 Å². The summed E-state index contributed by atoms with van der Waals surface area (Å²) < 4.78 is 18.7. The van der Waals surface area contributed by atoms with E-state index >= 15 is 0 Å². The number of carbonyl (C=O) groups is 1. The van der Waals surface area contributed by atoms with Gasteiger partial charge in [-0.1, -0.05) is 18.2 Å². The van der Waals surface area contributed by atoms with Gasteiger partial charge in [0.2, 0.25) is 17.7 Å². The molecule has 0 saturated heterocycles. The Hall–Kier alpha value is -2.80. The predicted octanol–water partition coefficient (Wildman–Crippen LogP) is 4.19. The quantitative estimate of drug-likeness (QED) is 0.663. The molecule has 1 aliphatic heterocycles. The molecule has 0 aliphatic carbocycles. The molecule has 0 saturated carbocycles. The Morgan fingerprint density at radius 2 is 2.04 bits per heavy atom. The second-order valence-electron chi connectivity index (χ2n) is 6.34. The molecule has 138 valence electrons. The molecule has 4 rings (SSSR count). The molecule has 5 nitrogen and oxygen atoms in total. The summed E-state index contributed by atoms with van der Waals surface area (Å²) in [7, 11) is 0. The van der Waals surface area contributed by atoms with Crippen LogP contribution in [0.1, 0.15) is 24.3 Å². The van der Waals surface area contributed by atoms with Gasteiger partial charge in [-0.25, -0.2) is 4.39 Å². The second-order valence-corrected chi connectivity index (χ2v) is 7.12. The van der Waals surface area contributed by atoms with E-state index in [9.17, 15) is 9.18 Å². The number of halogens is 1. The lowest BCUT2D eigenvalue weighted by Gasteiger charge is -2.26. The Morgan fingerprint density at radius 1 is 1.19 bits per heavy atom. The van der Waals surface area contributed by atoms with Gasteiger partial charge < -0.3 is 9.32 Å². The standard InChI is InChI=1S/C20H18FN3O2S/c21-17-3-1-14(2-4-17)15-7-10-24(11-8-15)19(25)6-5-18-22-23-20(26-18)16-9-12-27-13-16/h1-4,7,9,12-13H,5-6,8,10-11H2. The normalized spacial score (nSPS) is 14.3. The van der Waals surface area contributed by atoms with Gasteiger partial charge in [0.1, 0.15) is 5.82 Å². The number of thiophene rings is 1. The van der Waals surface area contributed by atoms with Crippen LogP contribution in [0, 0.1) is 5.82 Å². The maximum Gasteiger partial charge on any atom is 0.248 e. The number of hydrogen-bond donors (Lipinski definition) is 0. The predicted molar refractivity (Wildman–Crippen MR) is 102 cm³/mol. The highest BCUT2D eigenvalue weighted by Crippen LogP contribution is 2.24. The molecule has 27 heavy (non-hydrogen) atoms. The van der Waals surface area contributed by atoms with E-state index in [0.717, 1.165) is 23.1 Å². The zero-order valence-corrected chi connectivity index (χ0v) is 15.4. The molecule has 7 heteroatoms. The summed E-state index contributed by atoms with van der Waals surface area (Å²) in [6.07, 6.45) is 3.57. The third-order valence-electron chi connectivity index (χ3n) is 4.56. The fraction of sp³-hybridized carbons (Fsp3) is 0.250. The van der Waals surface area contributed by atoms with Crippen LogP contribution in [0.2, 0.25) is 0 Å². The fourth-order valence-corrected chi connectivity index (χ4v) is 3.68. The summed E-state index contributed by atoms with van der Waals surface area (Å²) in [5, 5.41) is 11.9. The van der Waals surface area contributed by atoms with Gasteiger partial charge in [-0.2, -0.15) is 11.3 Å². The first-order valence-corrected chi connectivity index (χ1v) is 9.71. The minimum atomic E-state index is -0.241. The SMILES string of the molecule is O=C(CCc1nnc(-c2ccsc2)o1)N1CC=C(c2ccc(F)cc2)CC1. The smallest absolute Gasteiger partial charge is 0.248 e. The zero-order valence-electron chi connectivity index (χ0n) is 14.6. The van der Waals surface area contributed by atoms with Gasteiger partial charge >= 0.3 is 0 Å². The molecule has 2 aromatic heterocycles. The van der Waals surface area contributed by atoms with E-state index in [4.69, 9.17) is 4.42 Å². The van der Waals surface area contributed by atoms with Crippen LogP contribution in [-0.2, 0) is 11.2 Å². The number of rotatable bonds is 5. The molecule has 0 N–H and O–H groups in total. The molecule has 0 atom stereocenters. The van der Waals surface area contributed by atoms with Crippen molar-refractivity contribution in [3.05, 3.63) is 64.4 Å². The Bertz CT molecular complexity index is 948. The van der Waals surface area contributed by atoms with Crippen molar-refractivity contribution in [1.82, 2.24) is 15.1 Å². The highest BCUT2D eigenvalue weighted by molar-refractivity contribution is 7.08. The summed E-state index contributed by atoms with van der Waals surface area (Å²) in [5.74, 6) is 0.794. The van der Waals surface area contributed by atoms with E-state index in [0.29, 0.717) is 37.7 Å². The van der Waals surface area contributed by atoms with Crippen LogP contribution in [0.5, 0.6) is 0 Å². The van der Waals surface area contributed by atoms with Crippen LogP contribution >= 0.6 is 11.3 Å². The Labute approximate surface area is 160 Å². The summed E-state index contributed by atoms with van der Waals surface area (Å²) in [4.78, 5) is 14.3. The molecule has 1 aromatic carbocycles. The second kappa shape index (κ2) is 7.84. The zero-order chi connectivity index (χ0) is 18.6. The molecule has 0 fully saturated rings. The maximum absolute atomic E-state index is 13.0. The molecule has 1 amide bonds. The van der Waals surface area contributed by atoms with Gasteiger partial charge in [0, 0.05) is 36.9 Å². The van der Waals surface area contributed by atoms with Crippen molar-refractivity contribution in [2.45, 2.75) is 19.3 Å². The summed E-state index contributed by atoms with van der Waals surface area (Å²) in [6, 6.07) is 8.40. The molecular weight excluding hydrogens is 365 g/mol. The van der Waals surface area contributed by atoms with Crippen LogP contribution in [0.4, 0.5) is 4.39 Å². The molecule has 1 aliphatic rings. The molecule has 0 spiro atoms. The highest BCUT2D eigenvalue weighted by Gasteiger charge is 2.19. The third kappa shape index (κ3) is 4.14. The molecule has 0 radical (unpaired) electrons. The van der Waals surface area contributed by atoms with Crippen LogP contribution < -0.4 is 0 Å². The monoisotopic (exact) mass is 383 g/mol. The number of aromatic nitrogens is 2. The Balaban J connectivity index is 1.31. The molecular formula is C20H18FN3O2S. The van der Waals surface area contributed by atoms with Gasteiger partial charge in [0.15, 0.2) is 0 Å². The largest absolute Gasteiger partial charge is 0.421 e. The minimum absolute atomic E-state index is 0.0692. The van der Waals surface area contributed by atoms with E-state index in [1.165, 1.54) is 12.1 Å². The number of benzene rings is 1. The average Bonchev–Trinajstić information content (AvgIpc) is 3.38. The lowest BCUT2D eigenvalue weighted by atomic mass is 9.99. The highest BCUT2D eigenvalue weighted by atomic mass is 32.1. The van der Waals surface area contributed by atoms with Gasteiger partial charge in [-0.05, 0) is 41.1 Å².